The van der Waals surface area contributed by atoms with Gasteiger partial charge in [0.2, 0.25) is 5.79 Å². The molecule has 110 valence electrons. The third-order valence-electron chi connectivity index (χ3n) is 2.00. The van der Waals surface area contributed by atoms with Crippen LogP contribution in [0.25, 0.3) is 0 Å². The van der Waals surface area contributed by atoms with Crippen LogP contribution in [0, 0.1) is 0 Å². The largest absolute Gasteiger partial charge is 0.450 e. The van der Waals surface area contributed by atoms with E-state index < -0.39 is 24.3 Å². The number of carbonyl (C=O) groups excluding carboxylic acids is 2. The minimum Gasteiger partial charge on any atom is -0.450 e. The molecule has 0 spiro atoms. The average molecular weight is 290 g/mol. The van der Waals surface area contributed by atoms with Crippen LogP contribution >= 0.6 is 11.8 Å². The van der Waals surface area contributed by atoms with Gasteiger partial charge in [0.25, 0.3) is 0 Å². The van der Waals surface area contributed by atoms with Gasteiger partial charge in [0.1, 0.15) is 0 Å². The summed E-state index contributed by atoms with van der Waals surface area (Å²) in [4.78, 5) is 22.5. The van der Waals surface area contributed by atoms with Gasteiger partial charge < -0.3 is 14.2 Å². The molecular formula is C13H22O5S. The highest BCUT2D eigenvalue weighted by Crippen LogP contribution is 2.24. The summed E-state index contributed by atoms with van der Waals surface area (Å²) in [5.74, 6) is -0.684. The van der Waals surface area contributed by atoms with E-state index in [4.69, 9.17) is 9.47 Å². The zero-order valence-corrected chi connectivity index (χ0v) is 12.8. The molecule has 1 saturated heterocycles. The van der Waals surface area contributed by atoms with Gasteiger partial charge in [-0.25, -0.2) is 9.59 Å². The Balaban J connectivity index is 0.00000154. The van der Waals surface area contributed by atoms with Crippen molar-refractivity contribution in [3.05, 3.63) is 12.2 Å². The van der Waals surface area contributed by atoms with Crippen LogP contribution in [0.3, 0.4) is 0 Å². The SMILES string of the molecule is C=C(C)C(=O)OCC(=O)OC1(C)CSCCO1.CC. The van der Waals surface area contributed by atoms with E-state index in [9.17, 15) is 9.59 Å². The molecule has 0 radical (unpaired) electrons. The van der Waals surface area contributed by atoms with E-state index in [0.29, 0.717) is 12.4 Å². The number of ether oxygens (including phenoxy) is 3. The van der Waals surface area contributed by atoms with E-state index in [0.717, 1.165) is 5.75 Å². The topological polar surface area (TPSA) is 61.8 Å². The van der Waals surface area contributed by atoms with E-state index in [2.05, 4.69) is 11.3 Å². The van der Waals surface area contributed by atoms with Crippen LogP contribution in [-0.2, 0) is 23.8 Å². The van der Waals surface area contributed by atoms with Crippen LogP contribution < -0.4 is 0 Å². The molecule has 0 aromatic heterocycles. The van der Waals surface area contributed by atoms with Gasteiger partial charge in [0.15, 0.2) is 6.61 Å². The molecule has 0 bridgehead atoms. The lowest BCUT2D eigenvalue weighted by Gasteiger charge is -2.32. The summed E-state index contributed by atoms with van der Waals surface area (Å²) in [5, 5.41) is 0. The summed E-state index contributed by atoms with van der Waals surface area (Å²) in [7, 11) is 0. The molecule has 1 rings (SSSR count). The molecule has 1 aliphatic rings. The van der Waals surface area contributed by atoms with Crippen LogP contribution in [0.4, 0.5) is 0 Å². The monoisotopic (exact) mass is 290 g/mol. The molecule has 0 saturated carbocycles. The summed E-state index contributed by atoms with van der Waals surface area (Å²) >= 11 is 1.65. The van der Waals surface area contributed by atoms with Gasteiger partial charge in [0, 0.05) is 18.2 Å². The Bertz CT molecular complexity index is 321. The van der Waals surface area contributed by atoms with Gasteiger partial charge in [-0.2, -0.15) is 11.8 Å². The lowest BCUT2D eigenvalue weighted by atomic mass is 10.3. The molecule has 1 atom stereocenters. The van der Waals surface area contributed by atoms with Crippen molar-refractivity contribution >= 4 is 23.7 Å². The normalized spacial score (nSPS) is 21.7. The standard InChI is InChI=1S/C11H16O5S.C2H6/c1-8(2)10(13)14-6-9(12)16-11(3)7-17-5-4-15-11;1-2/h1,4-7H2,2-3H3;1-2H3. The number of esters is 2. The molecule has 6 heteroatoms. The average Bonchev–Trinajstić information content (AvgIpc) is 2.38. The maximum atomic E-state index is 11.4. The zero-order valence-electron chi connectivity index (χ0n) is 12.0. The second-order valence-electron chi connectivity index (χ2n) is 3.87. The van der Waals surface area contributed by atoms with Gasteiger partial charge in [-0.05, 0) is 6.92 Å². The molecule has 1 heterocycles. The Labute approximate surface area is 118 Å². The number of hydrogen-bond acceptors (Lipinski definition) is 6. The first-order valence-electron chi connectivity index (χ1n) is 6.19. The summed E-state index contributed by atoms with van der Waals surface area (Å²) in [6, 6.07) is 0. The molecule has 0 amide bonds. The first kappa shape index (κ1) is 18.0. The van der Waals surface area contributed by atoms with Crippen LogP contribution in [0.1, 0.15) is 27.7 Å². The van der Waals surface area contributed by atoms with Gasteiger partial charge in [0.05, 0.1) is 12.4 Å². The van der Waals surface area contributed by atoms with Crippen LogP contribution in [0.2, 0.25) is 0 Å². The molecule has 1 unspecified atom stereocenters. The van der Waals surface area contributed by atoms with E-state index in [1.165, 1.54) is 6.92 Å². The third kappa shape index (κ3) is 7.22. The van der Waals surface area contributed by atoms with Crippen molar-refractivity contribution in [2.75, 3.05) is 24.7 Å². The van der Waals surface area contributed by atoms with Crippen LogP contribution in [-0.4, -0.2) is 42.4 Å². The van der Waals surface area contributed by atoms with Crippen molar-refractivity contribution in [1.82, 2.24) is 0 Å². The van der Waals surface area contributed by atoms with Crippen molar-refractivity contribution in [3.8, 4) is 0 Å². The molecule has 1 aliphatic heterocycles. The first-order valence-corrected chi connectivity index (χ1v) is 7.34. The third-order valence-corrected chi connectivity index (χ3v) is 3.18. The second kappa shape index (κ2) is 8.98. The summed E-state index contributed by atoms with van der Waals surface area (Å²) in [6.07, 6.45) is 0. The molecule has 0 aromatic rings. The van der Waals surface area contributed by atoms with Crippen molar-refractivity contribution in [1.29, 1.82) is 0 Å². The summed E-state index contributed by atoms with van der Waals surface area (Å²) < 4.78 is 15.2. The summed E-state index contributed by atoms with van der Waals surface area (Å²) in [5.41, 5.74) is 0.244. The number of carbonyl (C=O) groups is 2. The van der Waals surface area contributed by atoms with Crippen LogP contribution in [0.15, 0.2) is 12.2 Å². The lowest BCUT2D eigenvalue weighted by Crippen LogP contribution is -2.42. The highest BCUT2D eigenvalue weighted by molar-refractivity contribution is 7.99. The molecule has 19 heavy (non-hydrogen) atoms. The van der Waals surface area contributed by atoms with Crippen molar-refractivity contribution in [3.63, 3.8) is 0 Å². The van der Waals surface area contributed by atoms with Crippen LogP contribution in [0.5, 0.6) is 0 Å². The summed E-state index contributed by atoms with van der Waals surface area (Å²) in [6.45, 7) is 10.7. The molecule has 1 fully saturated rings. The number of thioether (sulfide) groups is 1. The fourth-order valence-electron chi connectivity index (χ4n) is 1.19. The quantitative estimate of drug-likeness (QED) is 0.584. The van der Waals surface area contributed by atoms with Gasteiger partial charge in [-0.15, -0.1) is 0 Å². The van der Waals surface area contributed by atoms with E-state index in [1.807, 2.05) is 13.8 Å². The Morgan fingerprint density at radius 2 is 2.05 bits per heavy atom. The highest BCUT2D eigenvalue weighted by Gasteiger charge is 2.32. The maximum Gasteiger partial charge on any atom is 0.346 e. The fraction of sp³-hybridized carbons (Fsp3) is 0.692. The predicted octanol–water partition coefficient (Wildman–Crippen LogP) is 2.15. The van der Waals surface area contributed by atoms with Gasteiger partial charge >= 0.3 is 11.9 Å². The predicted molar refractivity (Wildman–Crippen MR) is 74.9 cm³/mol. The van der Waals surface area contributed by atoms with Gasteiger partial charge in [-0.1, -0.05) is 20.4 Å². The Kier molecular flexibility index (Phi) is 8.51. The number of hydrogen-bond donors (Lipinski definition) is 0. The van der Waals surface area contributed by atoms with Crippen molar-refractivity contribution in [2.24, 2.45) is 0 Å². The Morgan fingerprint density at radius 3 is 2.53 bits per heavy atom. The maximum absolute atomic E-state index is 11.4. The molecule has 0 aliphatic carbocycles. The number of rotatable bonds is 4. The molecule has 0 aromatic carbocycles. The first-order chi connectivity index (χ1) is 8.93. The highest BCUT2D eigenvalue weighted by atomic mass is 32.2. The molecule has 0 N–H and O–H groups in total. The van der Waals surface area contributed by atoms with E-state index >= 15 is 0 Å². The van der Waals surface area contributed by atoms with Gasteiger partial charge in [-0.3, -0.25) is 0 Å². The second-order valence-corrected chi connectivity index (χ2v) is 4.97. The van der Waals surface area contributed by atoms with Crippen molar-refractivity contribution < 1.29 is 23.8 Å². The minimum absolute atomic E-state index is 0.244. The Hall–Kier alpha value is -1.01. The fourth-order valence-corrected chi connectivity index (χ4v) is 2.05. The van der Waals surface area contributed by atoms with E-state index in [-0.39, 0.29) is 5.57 Å². The zero-order chi connectivity index (χ0) is 14.9. The van der Waals surface area contributed by atoms with Crippen molar-refractivity contribution in [2.45, 2.75) is 33.5 Å². The molecule has 5 nitrogen and oxygen atoms in total. The minimum atomic E-state index is -0.921. The smallest absolute Gasteiger partial charge is 0.346 e. The van der Waals surface area contributed by atoms with E-state index in [1.54, 1.807) is 18.7 Å². The lowest BCUT2D eigenvalue weighted by molar-refractivity contribution is -0.216. The molecular weight excluding hydrogens is 268 g/mol. The Morgan fingerprint density at radius 1 is 1.42 bits per heavy atom.